The number of nitrogens with one attached hydrogen (secondary N) is 2. The second kappa shape index (κ2) is 6.14. The van der Waals surface area contributed by atoms with Crippen molar-refractivity contribution in [2.45, 2.75) is 38.3 Å². The van der Waals surface area contributed by atoms with E-state index in [1.165, 1.54) is 0 Å². The lowest BCUT2D eigenvalue weighted by Gasteiger charge is -2.37. The fraction of sp³-hybridized carbons (Fsp3) is 0.471. The molecule has 2 aliphatic heterocycles. The predicted molar refractivity (Wildman–Crippen MR) is 86.5 cm³/mol. The third-order valence-electron chi connectivity index (χ3n) is 4.62. The maximum atomic E-state index is 12.5. The Morgan fingerprint density at radius 3 is 2.38 bits per heavy atom. The number of rotatable bonds is 3. The zero-order valence-corrected chi connectivity index (χ0v) is 13.8. The average Bonchev–Trinajstić information content (AvgIpc) is 2.83. The van der Waals surface area contributed by atoms with Crippen molar-refractivity contribution in [2.75, 3.05) is 13.1 Å². The van der Waals surface area contributed by atoms with Gasteiger partial charge in [0.2, 0.25) is 0 Å². The van der Waals surface area contributed by atoms with E-state index in [4.69, 9.17) is 4.74 Å². The van der Waals surface area contributed by atoms with Crippen LogP contribution in [0.1, 0.15) is 25.3 Å². The van der Waals surface area contributed by atoms with Crippen LogP contribution in [0.3, 0.4) is 0 Å². The van der Waals surface area contributed by atoms with E-state index >= 15 is 0 Å². The summed E-state index contributed by atoms with van der Waals surface area (Å²) >= 11 is 0. The molecule has 128 valence electrons. The summed E-state index contributed by atoms with van der Waals surface area (Å²) in [6, 6.07) is 7.07. The van der Waals surface area contributed by atoms with E-state index in [2.05, 4.69) is 10.6 Å². The summed E-state index contributed by atoms with van der Waals surface area (Å²) in [4.78, 5) is 37.5. The van der Waals surface area contributed by atoms with Crippen molar-refractivity contribution in [1.82, 2.24) is 15.5 Å². The van der Waals surface area contributed by atoms with Gasteiger partial charge in [-0.2, -0.15) is 0 Å². The molecule has 3 rings (SSSR count). The van der Waals surface area contributed by atoms with Gasteiger partial charge in [0.05, 0.1) is 0 Å². The number of nitrogens with zero attached hydrogens (tertiary/aromatic N) is 1. The Morgan fingerprint density at radius 2 is 1.83 bits per heavy atom. The van der Waals surface area contributed by atoms with Crippen LogP contribution in [0.15, 0.2) is 24.3 Å². The zero-order chi connectivity index (χ0) is 17.3. The molecule has 2 N–H and O–H groups in total. The molecule has 1 unspecified atom stereocenters. The molecule has 0 aromatic heterocycles. The fourth-order valence-electron chi connectivity index (χ4n) is 3.12. The maximum absolute atomic E-state index is 12.5. The van der Waals surface area contributed by atoms with E-state index in [1.807, 2.05) is 31.2 Å². The molecule has 2 aliphatic rings. The third kappa shape index (κ3) is 3.06. The number of carbonyl (C=O) groups excluding carboxylic acids is 3. The molecule has 7 heteroatoms. The van der Waals surface area contributed by atoms with Gasteiger partial charge in [0, 0.05) is 13.1 Å². The number of urea groups is 1. The molecule has 7 nitrogen and oxygen atoms in total. The Bertz CT molecular complexity index is 663. The number of likely N-dealkylation sites (tertiary alicyclic amines) is 1. The minimum Gasteiger partial charge on any atom is -0.481 e. The van der Waals surface area contributed by atoms with Crippen molar-refractivity contribution < 1.29 is 19.1 Å². The standard InChI is InChI=1S/C17H21N3O4/c1-11-3-5-13(6-4-11)24-12(2)14(21)20-9-7-17(8-10-20)15(22)18-16(23)19-17/h3-6,12H,7-10H2,1-2H3,(H2,18,19,22,23). The van der Waals surface area contributed by atoms with E-state index in [9.17, 15) is 14.4 Å². The van der Waals surface area contributed by atoms with Gasteiger partial charge in [-0.15, -0.1) is 0 Å². The number of imide groups is 1. The summed E-state index contributed by atoms with van der Waals surface area (Å²) in [6.45, 7) is 4.53. The summed E-state index contributed by atoms with van der Waals surface area (Å²) in [5.41, 5.74) is 0.258. The smallest absolute Gasteiger partial charge is 0.322 e. The Kier molecular flexibility index (Phi) is 4.17. The van der Waals surface area contributed by atoms with Gasteiger partial charge in [0.15, 0.2) is 6.10 Å². The van der Waals surface area contributed by atoms with Crippen molar-refractivity contribution in [2.24, 2.45) is 0 Å². The van der Waals surface area contributed by atoms with Crippen molar-refractivity contribution in [3.63, 3.8) is 0 Å². The number of ether oxygens (including phenoxy) is 1. The Hall–Kier alpha value is -2.57. The summed E-state index contributed by atoms with van der Waals surface area (Å²) < 4.78 is 5.70. The number of hydrogen-bond donors (Lipinski definition) is 2. The highest BCUT2D eigenvalue weighted by atomic mass is 16.5. The first-order valence-corrected chi connectivity index (χ1v) is 8.05. The van der Waals surface area contributed by atoms with E-state index < -0.39 is 17.7 Å². The molecule has 4 amide bonds. The van der Waals surface area contributed by atoms with Crippen LogP contribution in [0.5, 0.6) is 5.75 Å². The number of amides is 4. The summed E-state index contributed by atoms with van der Waals surface area (Å²) in [5, 5.41) is 4.95. The van der Waals surface area contributed by atoms with Gasteiger partial charge in [-0.3, -0.25) is 14.9 Å². The van der Waals surface area contributed by atoms with Crippen LogP contribution in [-0.4, -0.2) is 47.5 Å². The van der Waals surface area contributed by atoms with E-state index in [0.717, 1.165) is 5.56 Å². The lowest BCUT2D eigenvalue weighted by atomic mass is 9.87. The molecule has 24 heavy (non-hydrogen) atoms. The first-order chi connectivity index (χ1) is 11.4. The highest BCUT2D eigenvalue weighted by molar-refractivity contribution is 6.07. The second-order valence-electron chi connectivity index (χ2n) is 6.39. The third-order valence-corrected chi connectivity index (χ3v) is 4.62. The minimum atomic E-state index is -0.866. The van der Waals surface area contributed by atoms with Gasteiger partial charge in [0.1, 0.15) is 11.3 Å². The topological polar surface area (TPSA) is 87.7 Å². The molecule has 0 bridgehead atoms. The van der Waals surface area contributed by atoms with Crippen LogP contribution in [0.4, 0.5) is 4.79 Å². The maximum Gasteiger partial charge on any atom is 0.322 e. The molecule has 1 aromatic rings. The number of benzene rings is 1. The van der Waals surface area contributed by atoms with Gasteiger partial charge < -0.3 is 15.0 Å². The molecule has 0 radical (unpaired) electrons. The van der Waals surface area contributed by atoms with Gasteiger partial charge >= 0.3 is 6.03 Å². The van der Waals surface area contributed by atoms with Crippen LogP contribution < -0.4 is 15.4 Å². The molecule has 0 aliphatic carbocycles. The Morgan fingerprint density at radius 1 is 1.21 bits per heavy atom. The molecular formula is C17H21N3O4. The van der Waals surface area contributed by atoms with E-state index in [-0.39, 0.29) is 11.8 Å². The first-order valence-electron chi connectivity index (χ1n) is 8.05. The van der Waals surface area contributed by atoms with Crippen LogP contribution in [0, 0.1) is 6.92 Å². The van der Waals surface area contributed by atoms with Crippen molar-refractivity contribution in [3.05, 3.63) is 29.8 Å². The summed E-state index contributed by atoms with van der Waals surface area (Å²) in [5.74, 6) is 0.232. The molecule has 2 saturated heterocycles. The van der Waals surface area contributed by atoms with Crippen LogP contribution in [0.25, 0.3) is 0 Å². The highest BCUT2D eigenvalue weighted by Crippen LogP contribution is 2.26. The lowest BCUT2D eigenvalue weighted by molar-refractivity contribution is -0.141. The average molecular weight is 331 g/mol. The molecule has 1 atom stereocenters. The van der Waals surface area contributed by atoms with Crippen LogP contribution in [-0.2, 0) is 9.59 Å². The highest BCUT2D eigenvalue weighted by Gasteiger charge is 2.48. The predicted octanol–water partition coefficient (Wildman–Crippen LogP) is 0.963. The largest absolute Gasteiger partial charge is 0.481 e. The number of hydrogen-bond acceptors (Lipinski definition) is 4. The summed E-state index contributed by atoms with van der Waals surface area (Å²) in [7, 11) is 0. The number of aryl methyl sites for hydroxylation is 1. The quantitative estimate of drug-likeness (QED) is 0.808. The normalized spacial score (nSPS) is 20.5. The van der Waals surface area contributed by atoms with Gasteiger partial charge in [-0.05, 0) is 38.8 Å². The Balaban J connectivity index is 1.57. The molecule has 0 saturated carbocycles. The van der Waals surface area contributed by atoms with E-state index in [0.29, 0.717) is 31.7 Å². The van der Waals surface area contributed by atoms with Crippen molar-refractivity contribution in [3.8, 4) is 5.75 Å². The molecule has 1 aromatic carbocycles. The zero-order valence-electron chi connectivity index (χ0n) is 13.8. The van der Waals surface area contributed by atoms with E-state index in [1.54, 1.807) is 11.8 Å². The molecule has 2 fully saturated rings. The second-order valence-corrected chi connectivity index (χ2v) is 6.39. The number of piperidine rings is 1. The Labute approximate surface area is 140 Å². The lowest BCUT2D eigenvalue weighted by Crippen LogP contribution is -2.57. The van der Waals surface area contributed by atoms with Gasteiger partial charge in [-0.25, -0.2) is 4.79 Å². The van der Waals surface area contributed by atoms with Gasteiger partial charge in [0.25, 0.3) is 11.8 Å². The van der Waals surface area contributed by atoms with Crippen LogP contribution in [0.2, 0.25) is 0 Å². The minimum absolute atomic E-state index is 0.116. The number of carbonyl (C=O) groups is 3. The monoisotopic (exact) mass is 331 g/mol. The van der Waals surface area contributed by atoms with Crippen molar-refractivity contribution in [1.29, 1.82) is 0 Å². The molecule has 1 spiro atoms. The van der Waals surface area contributed by atoms with Gasteiger partial charge in [-0.1, -0.05) is 17.7 Å². The van der Waals surface area contributed by atoms with Crippen molar-refractivity contribution >= 4 is 17.8 Å². The summed E-state index contributed by atoms with van der Waals surface area (Å²) in [6.07, 6.45) is 0.218. The van der Waals surface area contributed by atoms with Crippen LogP contribution >= 0.6 is 0 Å². The fourth-order valence-corrected chi connectivity index (χ4v) is 3.12. The first kappa shape index (κ1) is 16.3. The SMILES string of the molecule is Cc1ccc(OC(C)C(=O)N2CCC3(CC2)NC(=O)NC3=O)cc1. The molecular weight excluding hydrogens is 310 g/mol. The molecule has 2 heterocycles.